The van der Waals surface area contributed by atoms with Gasteiger partial charge in [-0.1, -0.05) is 6.92 Å². The van der Waals surface area contributed by atoms with Crippen LogP contribution in [0.2, 0.25) is 0 Å². The molecule has 0 aliphatic heterocycles. The second-order valence-electron chi connectivity index (χ2n) is 4.60. The third-order valence-corrected chi connectivity index (χ3v) is 3.37. The fraction of sp³-hybridized carbons (Fsp3) is 0.750. The second kappa shape index (κ2) is 7.63. The van der Waals surface area contributed by atoms with Crippen molar-refractivity contribution >= 4 is 16.5 Å². The lowest BCUT2D eigenvalue weighted by Crippen LogP contribution is -2.28. The van der Waals surface area contributed by atoms with Gasteiger partial charge in [-0.15, -0.1) is 11.3 Å². The predicted octanol–water partition coefficient (Wildman–Crippen LogP) is 1.96. The quantitative estimate of drug-likeness (QED) is 0.770. The average Bonchev–Trinajstić information content (AvgIpc) is 2.71. The summed E-state index contributed by atoms with van der Waals surface area (Å²) < 4.78 is 0. The van der Waals surface area contributed by atoms with E-state index >= 15 is 0 Å². The van der Waals surface area contributed by atoms with Gasteiger partial charge >= 0.3 is 0 Å². The van der Waals surface area contributed by atoms with Gasteiger partial charge in [-0.05, 0) is 27.6 Å². The Morgan fingerprint density at radius 3 is 2.71 bits per heavy atom. The number of nitrogens with zero attached hydrogens (tertiary/aromatic N) is 3. The van der Waals surface area contributed by atoms with Crippen LogP contribution in [0.15, 0.2) is 6.20 Å². The number of aromatic nitrogens is 1. The van der Waals surface area contributed by atoms with Gasteiger partial charge in [0.25, 0.3) is 0 Å². The Hall–Kier alpha value is -0.650. The van der Waals surface area contributed by atoms with Crippen LogP contribution in [0.5, 0.6) is 0 Å². The van der Waals surface area contributed by atoms with E-state index in [0.29, 0.717) is 0 Å². The molecule has 0 saturated heterocycles. The van der Waals surface area contributed by atoms with E-state index < -0.39 is 0 Å². The number of anilines is 1. The molecule has 1 rings (SSSR count). The van der Waals surface area contributed by atoms with Crippen molar-refractivity contribution in [3.8, 4) is 0 Å². The second-order valence-corrected chi connectivity index (χ2v) is 5.71. The van der Waals surface area contributed by atoms with Gasteiger partial charge < -0.3 is 10.2 Å². The third kappa shape index (κ3) is 6.00. The van der Waals surface area contributed by atoms with Crippen LogP contribution in [0.1, 0.15) is 18.2 Å². The molecule has 1 aromatic heterocycles. The Balaban J connectivity index is 2.32. The zero-order chi connectivity index (χ0) is 12.7. The normalized spacial score (nSPS) is 11.4. The molecule has 0 unspecified atom stereocenters. The summed E-state index contributed by atoms with van der Waals surface area (Å²) in [6.45, 7) is 6.33. The summed E-state index contributed by atoms with van der Waals surface area (Å²) in [6, 6.07) is 0. The number of rotatable bonds is 8. The first kappa shape index (κ1) is 14.4. The molecular formula is C12H24N4S. The summed E-state index contributed by atoms with van der Waals surface area (Å²) in [4.78, 5) is 10.2. The van der Waals surface area contributed by atoms with Gasteiger partial charge in [0.2, 0.25) is 0 Å². The van der Waals surface area contributed by atoms with E-state index in [9.17, 15) is 0 Å². The van der Waals surface area contributed by atoms with Crippen molar-refractivity contribution in [2.24, 2.45) is 0 Å². The van der Waals surface area contributed by atoms with E-state index in [-0.39, 0.29) is 0 Å². The summed E-state index contributed by atoms with van der Waals surface area (Å²) in [6.07, 6.45) is 3.12. The molecule has 98 valence electrons. The number of thiazole rings is 1. The molecule has 1 N–H and O–H groups in total. The molecule has 0 amide bonds. The zero-order valence-electron chi connectivity index (χ0n) is 11.4. The largest absolute Gasteiger partial charge is 0.362 e. The Morgan fingerprint density at radius 2 is 2.06 bits per heavy atom. The van der Waals surface area contributed by atoms with E-state index in [4.69, 9.17) is 0 Å². The summed E-state index contributed by atoms with van der Waals surface area (Å²) >= 11 is 1.76. The van der Waals surface area contributed by atoms with Crippen LogP contribution in [0.4, 0.5) is 5.13 Å². The maximum Gasteiger partial charge on any atom is 0.182 e. The van der Waals surface area contributed by atoms with Crippen LogP contribution in [0.3, 0.4) is 0 Å². The van der Waals surface area contributed by atoms with Crippen molar-refractivity contribution in [3.05, 3.63) is 11.1 Å². The lowest BCUT2D eigenvalue weighted by atomic mass is 10.4. The highest BCUT2D eigenvalue weighted by atomic mass is 32.1. The Bertz CT molecular complexity index is 311. The maximum atomic E-state index is 4.37. The van der Waals surface area contributed by atoms with Crippen LogP contribution >= 0.6 is 11.3 Å². The number of hydrogen-bond acceptors (Lipinski definition) is 5. The zero-order valence-corrected chi connectivity index (χ0v) is 12.2. The molecule has 0 spiro atoms. The molecule has 0 saturated carbocycles. The Kier molecular flexibility index (Phi) is 6.47. The molecule has 0 radical (unpaired) electrons. The highest BCUT2D eigenvalue weighted by Gasteiger charge is 2.05. The standard InChI is InChI=1S/C12H24N4S/c1-5-6-13-12-14-9-11(17-12)10-16(4)8-7-15(2)3/h9H,5-8,10H2,1-4H3,(H,13,14). The smallest absolute Gasteiger partial charge is 0.182 e. The SMILES string of the molecule is CCCNc1ncc(CN(C)CCN(C)C)s1. The van der Waals surface area contributed by atoms with Gasteiger partial charge in [0.15, 0.2) is 5.13 Å². The average molecular weight is 256 g/mol. The van der Waals surface area contributed by atoms with E-state index in [0.717, 1.165) is 37.7 Å². The number of hydrogen-bond donors (Lipinski definition) is 1. The van der Waals surface area contributed by atoms with Crippen molar-refractivity contribution in [1.29, 1.82) is 0 Å². The minimum atomic E-state index is 0.985. The van der Waals surface area contributed by atoms with Gasteiger partial charge in [-0.2, -0.15) is 0 Å². The third-order valence-electron chi connectivity index (χ3n) is 2.43. The van der Waals surface area contributed by atoms with Gasteiger partial charge in [-0.3, -0.25) is 4.90 Å². The van der Waals surface area contributed by atoms with Crippen LogP contribution in [0.25, 0.3) is 0 Å². The summed E-state index contributed by atoms with van der Waals surface area (Å²) in [7, 11) is 6.36. The van der Waals surface area contributed by atoms with Crippen molar-refractivity contribution < 1.29 is 0 Å². The molecule has 17 heavy (non-hydrogen) atoms. The fourth-order valence-corrected chi connectivity index (χ4v) is 2.33. The van der Waals surface area contributed by atoms with Gasteiger partial charge in [0.05, 0.1) is 0 Å². The van der Waals surface area contributed by atoms with Crippen LogP contribution in [-0.2, 0) is 6.54 Å². The Labute approximate surface area is 109 Å². The first-order valence-corrected chi connectivity index (χ1v) is 6.95. The minimum absolute atomic E-state index is 0.985. The monoisotopic (exact) mass is 256 g/mol. The van der Waals surface area contributed by atoms with E-state index in [1.165, 1.54) is 4.88 Å². The van der Waals surface area contributed by atoms with Crippen molar-refractivity contribution in [3.63, 3.8) is 0 Å². The molecule has 0 aliphatic rings. The van der Waals surface area contributed by atoms with Gasteiger partial charge in [-0.25, -0.2) is 4.98 Å². The topological polar surface area (TPSA) is 31.4 Å². The highest BCUT2D eigenvalue weighted by Crippen LogP contribution is 2.19. The van der Waals surface area contributed by atoms with Crippen LogP contribution in [0, 0.1) is 0 Å². The molecule has 1 aromatic rings. The minimum Gasteiger partial charge on any atom is -0.362 e. The van der Waals surface area contributed by atoms with E-state index in [1.54, 1.807) is 11.3 Å². The molecule has 0 aliphatic carbocycles. The molecular weight excluding hydrogens is 232 g/mol. The molecule has 0 fully saturated rings. The van der Waals surface area contributed by atoms with E-state index in [1.807, 2.05) is 6.20 Å². The molecule has 0 aromatic carbocycles. The Morgan fingerprint density at radius 1 is 1.29 bits per heavy atom. The molecule has 5 heteroatoms. The summed E-state index contributed by atoms with van der Waals surface area (Å²) in [5.74, 6) is 0. The molecule has 0 atom stereocenters. The summed E-state index contributed by atoms with van der Waals surface area (Å²) in [5.41, 5.74) is 0. The lowest BCUT2D eigenvalue weighted by Gasteiger charge is -2.18. The van der Waals surface area contributed by atoms with E-state index in [2.05, 4.69) is 48.2 Å². The van der Waals surface area contributed by atoms with Gasteiger partial charge in [0.1, 0.15) is 0 Å². The van der Waals surface area contributed by atoms with Gasteiger partial charge in [0, 0.05) is 37.3 Å². The molecule has 1 heterocycles. The number of likely N-dealkylation sites (N-methyl/N-ethyl adjacent to an activating group) is 2. The fourth-order valence-electron chi connectivity index (χ4n) is 1.41. The van der Waals surface area contributed by atoms with Crippen molar-refractivity contribution in [2.75, 3.05) is 46.1 Å². The highest BCUT2D eigenvalue weighted by molar-refractivity contribution is 7.15. The molecule has 4 nitrogen and oxygen atoms in total. The maximum absolute atomic E-state index is 4.37. The van der Waals surface area contributed by atoms with Crippen molar-refractivity contribution in [1.82, 2.24) is 14.8 Å². The number of nitrogens with one attached hydrogen (secondary N) is 1. The first-order chi connectivity index (χ1) is 8.11. The molecule has 0 bridgehead atoms. The summed E-state index contributed by atoms with van der Waals surface area (Å²) in [5, 5.41) is 4.36. The first-order valence-electron chi connectivity index (χ1n) is 6.13. The van der Waals surface area contributed by atoms with Crippen molar-refractivity contribution in [2.45, 2.75) is 19.9 Å². The van der Waals surface area contributed by atoms with Crippen LogP contribution < -0.4 is 5.32 Å². The van der Waals surface area contributed by atoms with Crippen LogP contribution in [-0.4, -0.2) is 55.6 Å². The lowest BCUT2D eigenvalue weighted by molar-refractivity contribution is 0.278. The predicted molar refractivity (Wildman–Crippen MR) is 75.8 cm³/mol.